The van der Waals surface area contributed by atoms with Crippen LogP contribution in [0.4, 0.5) is 0 Å². The van der Waals surface area contributed by atoms with Crippen LogP contribution in [0.3, 0.4) is 0 Å². The summed E-state index contributed by atoms with van der Waals surface area (Å²) in [6.07, 6.45) is 1.75. The molecule has 8 heteroatoms. The Morgan fingerprint density at radius 1 is 1.46 bits per heavy atom. The lowest BCUT2D eigenvalue weighted by Crippen LogP contribution is -2.45. The van der Waals surface area contributed by atoms with E-state index in [-0.39, 0.29) is 37.5 Å². The number of carbonyl (C=O) groups excluding carboxylic acids is 2. The van der Waals surface area contributed by atoms with Crippen LogP contribution in [0.1, 0.15) is 39.4 Å². The van der Waals surface area contributed by atoms with Crippen LogP contribution in [-0.4, -0.2) is 52.6 Å². The van der Waals surface area contributed by atoms with E-state index in [1.807, 2.05) is 20.8 Å². The molecule has 1 aliphatic heterocycles. The number of amides is 2. The summed E-state index contributed by atoms with van der Waals surface area (Å²) in [4.78, 5) is 37.4. The molecule has 1 fully saturated rings. The Kier molecular flexibility index (Phi) is 6.42. The first-order valence-electron chi connectivity index (χ1n) is 8.63. The number of carbonyl (C=O) groups is 3. The summed E-state index contributed by atoms with van der Waals surface area (Å²) in [5.74, 6) is -1.62. The normalized spacial score (nSPS) is 18.8. The number of nitrogens with one attached hydrogen (secondary N) is 1. The average Bonchev–Trinajstić information content (AvgIpc) is 3.16. The van der Waals surface area contributed by atoms with Crippen LogP contribution in [0.5, 0.6) is 0 Å². The molecule has 1 aromatic rings. The van der Waals surface area contributed by atoms with Crippen molar-refractivity contribution in [1.29, 1.82) is 0 Å². The summed E-state index contributed by atoms with van der Waals surface area (Å²) < 4.78 is 10.7. The summed E-state index contributed by atoms with van der Waals surface area (Å²) in [5.41, 5.74) is -0.378. The molecule has 2 amide bonds. The van der Waals surface area contributed by atoms with Gasteiger partial charge in [-0.05, 0) is 32.9 Å². The Bertz CT molecular complexity index is 635. The van der Waals surface area contributed by atoms with Crippen molar-refractivity contribution in [3.05, 3.63) is 24.2 Å². The lowest BCUT2D eigenvalue weighted by molar-refractivity contribution is -0.143. The van der Waals surface area contributed by atoms with E-state index in [1.165, 1.54) is 6.26 Å². The summed E-state index contributed by atoms with van der Waals surface area (Å²) in [5, 5.41) is 11.8. The fourth-order valence-electron chi connectivity index (χ4n) is 2.72. The lowest BCUT2D eigenvalue weighted by atomic mass is 10.1. The van der Waals surface area contributed by atoms with Gasteiger partial charge in [-0.1, -0.05) is 0 Å². The van der Waals surface area contributed by atoms with Gasteiger partial charge in [-0.15, -0.1) is 0 Å². The van der Waals surface area contributed by atoms with Crippen LogP contribution in [0.2, 0.25) is 0 Å². The molecule has 0 bridgehead atoms. The molecule has 2 unspecified atom stereocenters. The fraction of sp³-hybridized carbons (Fsp3) is 0.611. The third-order valence-corrected chi connectivity index (χ3v) is 4.07. The van der Waals surface area contributed by atoms with E-state index >= 15 is 0 Å². The number of hydrogen-bond acceptors (Lipinski definition) is 5. The van der Waals surface area contributed by atoms with Crippen LogP contribution in [0.25, 0.3) is 0 Å². The maximum absolute atomic E-state index is 12.4. The second-order valence-electron chi connectivity index (χ2n) is 7.40. The second-order valence-corrected chi connectivity index (χ2v) is 7.40. The molecule has 1 aliphatic rings. The Labute approximate surface area is 152 Å². The molecule has 2 atom stereocenters. The van der Waals surface area contributed by atoms with Gasteiger partial charge in [-0.2, -0.15) is 0 Å². The highest BCUT2D eigenvalue weighted by atomic mass is 16.5. The molecule has 2 N–H and O–H groups in total. The second kappa shape index (κ2) is 8.35. The van der Waals surface area contributed by atoms with Crippen molar-refractivity contribution < 1.29 is 28.6 Å². The van der Waals surface area contributed by atoms with Gasteiger partial charge < -0.3 is 24.5 Å². The van der Waals surface area contributed by atoms with E-state index in [1.54, 1.807) is 17.0 Å². The number of hydrogen-bond donors (Lipinski definition) is 2. The number of furan rings is 1. The highest BCUT2D eigenvalue weighted by molar-refractivity contribution is 5.91. The smallest absolute Gasteiger partial charge is 0.326 e. The molecule has 0 aromatic carbocycles. The standard InChI is InChI=1S/C18H26N2O6/c1-18(2,3)26-8-6-14(17(23)24)19-16(22)12-9-15(21)20(10-12)11-13-5-4-7-25-13/h4-5,7,12,14H,6,8-11H2,1-3H3,(H,19,22)(H,23,24). The Morgan fingerprint density at radius 3 is 2.77 bits per heavy atom. The van der Waals surface area contributed by atoms with Crippen molar-refractivity contribution >= 4 is 17.8 Å². The van der Waals surface area contributed by atoms with Gasteiger partial charge in [0.15, 0.2) is 0 Å². The predicted molar refractivity (Wildman–Crippen MR) is 92.1 cm³/mol. The van der Waals surface area contributed by atoms with Gasteiger partial charge >= 0.3 is 5.97 Å². The maximum Gasteiger partial charge on any atom is 0.326 e. The minimum atomic E-state index is -1.12. The summed E-state index contributed by atoms with van der Waals surface area (Å²) >= 11 is 0. The number of carboxylic acid groups (broad SMARTS) is 1. The minimum Gasteiger partial charge on any atom is -0.480 e. The van der Waals surface area contributed by atoms with Gasteiger partial charge in [0.2, 0.25) is 11.8 Å². The van der Waals surface area contributed by atoms with E-state index in [2.05, 4.69) is 5.32 Å². The Morgan fingerprint density at radius 2 is 2.19 bits per heavy atom. The van der Waals surface area contributed by atoms with Crippen molar-refractivity contribution in [2.24, 2.45) is 5.92 Å². The Balaban J connectivity index is 1.86. The zero-order valence-electron chi connectivity index (χ0n) is 15.4. The summed E-state index contributed by atoms with van der Waals surface area (Å²) in [7, 11) is 0. The molecule has 8 nitrogen and oxygen atoms in total. The van der Waals surface area contributed by atoms with Gasteiger partial charge in [0, 0.05) is 26.0 Å². The van der Waals surface area contributed by atoms with Gasteiger partial charge in [0.1, 0.15) is 11.8 Å². The summed E-state index contributed by atoms with van der Waals surface area (Å²) in [6.45, 7) is 6.39. The molecule has 0 spiro atoms. The van der Waals surface area contributed by atoms with E-state index in [4.69, 9.17) is 9.15 Å². The molecule has 2 heterocycles. The lowest BCUT2D eigenvalue weighted by Gasteiger charge is -2.22. The van der Waals surface area contributed by atoms with Crippen LogP contribution < -0.4 is 5.32 Å². The van der Waals surface area contributed by atoms with E-state index < -0.39 is 23.8 Å². The van der Waals surface area contributed by atoms with Crippen LogP contribution in [-0.2, 0) is 25.7 Å². The number of rotatable bonds is 8. The third-order valence-electron chi connectivity index (χ3n) is 4.07. The Hall–Kier alpha value is -2.35. The first kappa shape index (κ1) is 20.0. The van der Waals surface area contributed by atoms with E-state index in [0.717, 1.165) is 0 Å². The third kappa shape index (κ3) is 5.87. The van der Waals surface area contributed by atoms with Crippen molar-refractivity contribution in [3.63, 3.8) is 0 Å². The summed E-state index contributed by atoms with van der Waals surface area (Å²) in [6, 6.07) is 2.45. The molecule has 26 heavy (non-hydrogen) atoms. The first-order chi connectivity index (χ1) is 12.2. The predicted octanol–water partition coefficient (Wildman–Crippen LogP) is 1.40. The molecule has 144 valence electrons. The molecule has 2 rings (SSSR count). The maximum atomic E-state index is 12.4. The van der Waals surface area contributed by atoms with Crippen molar-refractivity contribution in [3.8, 4) is 0 Å². The van der Waals surface area contributed by atoms with Crippen LogP contribution in [0.15, 0.2) is 22.8 Å². The monoisotopic (exact) mass is 366 g/mol. The topological polar surface area (TPSA) is 109 Å². The van der Waals surface area contributed by atoms with Gasteiger partial charge in [0.25, 0.3) is 0 Å². The van der Waals surface area contributed by atoms with Crippen molar-refractivity contribution in [2.45, 2.75) is 51.8 Å². The fourth-order valence-corrected chi connectivity index (χ4v) is 2.72. The minimum absolute atomic E-state index is 0.0668. The largest absolute Gasteiger partial charge is 0.480 e. The highest BCUT2D eigenvalue weighted by Crippen LogP contribution is 2.21. The number of ether oxygens (including phenoxy) is 1. The van der Waals surface area contributed by atoms with E-state index in [0.29, 0.717) is 12.3 Å². The van der Waals surface area contributed by atoms with Gasteiger partial charge in [-0.25, -0.2) is 4.79 Å². The molecule has 0 saturated carbocycles. The highest BCUT2D eigenvalue weighted by Gasteiger charge is 2.36. The number of likely N-dealkylation sites (tertiary alicyclic amines) is 1. The quantitative estimate of drug-likeness (QED) is 0.720. The molecular weight excluding hydrogens is 340 g/mol. The number of nitrogens with zero attached hydrogens (tertiary/aromatic N) is 1. The van der Waals surface area contributed by atoms with Crippen molar-refractivity contribution in [1.82, 2.24) is 10.2 Å². The van der Waals surface area contributed by atoms with Gasteiger partial charge in [-0.3, -0.25) is 9.59 Å². The molecular formula is C18H26N2O6. The average molecular weight is 366 g/mol. The van der Waals surface area contributed by atoms with Gasteiger partial charge in [0.05, 0.1) is 24.3 Å². The first-order valence-corrected chi connectivity index (χ1v) is 8.63. The zero-order valence-corrected chi connectivity index (χ0v) is 15.4. The molecule has 0 radical (unpaired) electrons. The molecule has 0 aliphatic carbocycles. The molecule has 1 aromatic heterocycles. The van der Waals surface area contributed by atoms with Crippen LogP contribution in [0, 0.1) is 5.92 Å². The zero-order chi connectivity index (χ0) is 19.3. The molecule has 1 saturated heterocycles. The number of carboxylic acids is 1. The van der Waals surface area contributed by atoms with Crippen LogP contribution >= 0.6 is 0 Å². The SMILES string of the molecule is CC(C)(C)OCCC(NC(=O)C1CC(=O)N(Cc2ccco2)C1)C(=O)O. The van der Waals surface area contributed by atoms with E-state index in [9.17, 15) is 19.5 Å². The van der Waals surface area contributed by atoms with Crippen molar-refractivity contribution in [2.75, 3.05) is 13.2 Å². The number of aliphatic carboxylic acids is 1.